The molecule has 0 spiro atoms. The molecule has 4 aromatic rings. The topological polar surface area (TPSA) is 135 Å². The van der Waals surface area contributed by atoms with Crippen LogP contribution in [0.1, 0.15) is 31.7 Å². The van der Waals surface area contributed by atoms with Crippen LogP contribution in [0.3, 0.4) is 0 Å². The molecule has 10 nitrogen and oxygen atoms in total. The Labute approximate surface area is 204 Å². The monoisotopic (exact) mass is 497 g/mol. The Bertz CT molecular complexity index is 1560. The fraction of sp³-hybridized carbons (Fsp3) is 0.292. The molecule has 2 aromatic heterocycles. The van der Waals surface area contributed by atoms with Crippen LogP contribution >= 0.6 is 11.6 Å². The summed E-state index contributed by atoms with van der Waals surface area (Å²) < 4.78 is 7.92. The van der Waals surface area contributed by atoms with E-state index in [0.717, 1.165) is 16.6 Å². The van der Waals surface area contributed by atoms with E-state index in [0.29, 0.717) is 34.1 Å². The standard InChI is InChI=1S/C24H24ClN5O5/c1-3-4-20-27-18-10-9-17(11-19(18)35-20)26-22-28-23(33)30(12-14(2)21(31)32)24(34)29(22)13-15-5-7-16(25)8-6-15/h5-11,14H,3-4,12-13H2,1-2H3,(H,31,32)(H,26,28,33)/t14-/m0/s1. The van der Waals surface area contributed by atoms with Gasteiger partial charge in [-0.25, -0.2) is 24.1 Å². The van der Waals surface area contributed by atoms with Gasteiger partial charge in [0.05, 0.1) is 18.2 Å². The second-order valence-electron chi connectivity index (χ2n) is 8.22. The Kier molecular flexibility index (Phi) is 7.02. The SMILES string of the molecule is CCCc1nc2ccc(/N=c3\[nH]c(=O)n(C[C@H](C)C(=O)O)c(=O)n3Cc3ccc(Cl)cc3)cc2o1. The van der Waals surface area contributed by atoms with Crippen LogP contribution < -0.4 is 17.0 Å². The van der Waals surface area contributed by atoms with Crippen LogP contribution in [0.25, 0.3) is 11.1 Å². The number of aromatic amines is 1. The van der Waals surface area contributed by atoms with Crippen molar-refractivity contribution >= 4 is 34.4 Å². The van der Waals surface area contributed by atoms with Gasteiger partial charge in [-0.3, -0.25) is 14.3 Å². The first-order valence-corrected chi connectivity index (χ1v) is 11.5. The lowest BCUT2D eigenvalue weighted by molar-refractivity contribution is -0.141. The number of aliphatic carboxylic acids is 1. The number of fused-ring (bicyclic) bond motifs is 1. The van der Waals surface area contributed by atoms with Gasteiger partial charge in [0.1, 0.15) is 5.52 Å². The number of carboxylic acids is 1. The van der Waals surface area contributed by atoms with Crippen molar-refractivity contribution in [3.8, 4) is 0 Å². The Morgan fingerprint density at radius 1 is 1.20 bits per heavy atom. The summed E-state index contributed by atoms with van der Waals surface area (Å²) in [5.74, 6) is -1.43. The third-order valence-corrected chi connectivity index (χ3v) is 5.68. The van der Waals surface area contributed by atoms with Gasteiger partial charge in [-0.05, 0) is 36.2 Å². The molecule has 0 saturated carbocycles. The molecule has 0 radical (unpaired) electrons. The molecule has 0 bridgehead atoms. The van der Waals surface area contributed by atoms with Crippen LogP contribution in [0.4, 0.5) is 5.69 Å². The molecule has 11 heteroatoms. The van der Waals surface area contributed by atoms with Crippen molar-refractivity contribution in [2.24, 2.45) is 10.9 Å². The molecule has 0 fully saturated rings. The number of halogens is 1. The summed E-state index contributed by atoms with van der Waals surface area (Å²) in [5.41, 5.74) is 1.02. The summed E-state index contributed by atoms with van der Waals surface area (Å²) in [5, 5.41) is 9.79. The number of benzene rings is 2. The molecule has 4 rings (SSSR count). The lowest BCUT2D eigenvalue weighted by Crippen LogP contribution is -2.51. The maximum Gasteiger partial charge on any atom is 0.335 e. The molecular weight excluding hydrogens is 474 g/mol. The highest BCUT2D eigenvalue weighted by atomic mass is 35.5. The Balaban J connectivity index is 1.86. The van der Waals surface area contributed by atoms with Gasteiger partial charge in [0, 0.05) is 24.1 Å². The van der Waals surface area contributed by atoms with E-state index in [2.05, 4.69) is 15.0 Å². The van der Waals surface area contributed by atoms with Crippen LogP contribution in [0.5, 0.6) is 0 Å². The van der Waals surface area contributed by atoms with Gasteiger partial charge in [-0.1, -0.05) is 37.6 Å². The summed E-state index contributed by atoms with van der Waals surface area (Å²) in [6.07, 6.45) is 1.61. The van der Waals surface area contributed by atoms with Crippen LogP contribution in [0.2, 0.25) is 5.02 Å². The number of rotatable bonds is 8. The van der Waals surface area contributed by atoms with Gasteiger partial charge in [-0.15, -0.1) is 0 Å². The van der Waals surface area contributed by atoms with Gasteiger partial charge < -0.3 is 9.52 Å². The summed E-state index contributed by atoms with van der Waals surface area (Å²) >= 11 is 5.98. The molecule has 0 amide bonds. The summed E-state index contributed by atoms with van der Waals surface area (Å²) in [6, 6.07) is 12.0. The number of hydrogen-bond acceptors (Lipinski definition) is 6. The maximum absolute atomic E-state index is 13.3. The van der Waals surface area contributed by atoms with E-state index >= 15 is 0 Å². The lowest BCUT2D eigenvalue weighted by atomic mass is 10.2. The third-order valence-electron chi connectivity index (χ3n) is 5.43. The molecule has 182 valence electrons. The van der Waals surface area contributed by atoms with Crippen LogP contribution in [0.15, 0.2) is 61.5 Å². The van der Waals surface area contributed by atoms with E-state index in [1.165, 1.54) is 11.5 Å². The van der Waals surface area contributed by atoms with Gasteiger partial charge in [0.2, 0.25) is 5.62 Å². The van der Waals surface area contributed by atoms with E-state index in [1.54, 1.807) is 42.5 Å². The van der Waals surface area contributed by atoms with Crippen molar-refractivity contribution in [3.63, 3.8) is 0 Å². The molecular formula is C24H24ClN5O5. The number of H-pyrrole nitrogens is 1. The van der Waals surface area contributed by atoms with Crippen molar-refractivity contribution in [2.75, 3.05) is 0 Å². The molecule has 0 saturated heterocycles. The molecule has 35 heavy (non-hydrogen) atoms. The highest BCUT2D eigenvalue weighted by Crippen LogP contribution is 2.22. The van der Waals surface area contributed by atoms with Gasteiger partial charge in [0.15, 0.2) is 11.5 Å². The van der Waals surface area contributed by atoms with E-state index in [9.17, 15) is 19.5 Å². The fourth-order valence-electron chi connectivity index (χ4n) is 3.54. The Hall–Kier alpha value is -3.92. The van der Waals surface area contributed by atoms with E-state index in [1.807, 2.05) is 6.92 Å². The normalized spacial score (nSPS) is 12.8. The molecule has 2 heterocycles. The lowest BCUT2D eigenvalue weighted by Gasteiger charge is -2.13. The zero-order valence-corrected chi connectivity index (χ0v) is 20.0. The van der Waals surface area contributed by atoms with Crippen LogP contribution in [-0.4, -0.2) is 30.2 Å². The van der Waals surface area contributed by atoms with Crippen molar-refractivity contribution in [2.45, 2.75) is 39.8 Å². The molecule has 0 unspecified atom stereocenters. The average Bonchev–Trinajstić information content (AvgIpc) is 3.22. The van der Waals surface area contributed by atoms with Gasteiger partial charge in [0.25, 0.3) is 0 Å². The predicted molar refractivity (Wildman–Crippen MR) is 130 cm³/mol. The minimum atomic E-state index is -1.11. The van der Waals surface area contributed by atoms with Crippen LogP contribution in [-0.2, 0) is 24.3 Å². The first-order valence-electron chi connectivity index (χ1n) is 11.1. The summed E-state index contributed by atoms with van der Waals surface area (Å²) in [4.78, 5) is 48.9. The minimum Gasteiger partial charge on any atom is -0.481 e. The number of nitrogens with zero attached hydrogens (tertiary/aromatic N) is 4. The number of nitrogens with one attached hydrogen (secondary N) is 1. The summed E-state index contributed by atoms with van der Waals surface area (Å²) in [7, 11) is 0. The number of hydrogen-bond donors (Lipinski definition) is 2. The van der Waals surface area contributed by atoms with E-state index < -0.39 is 23.3 Å². The van der Waals surface area contributed by atoms with Crippen molar-refractivity contribution in [3.05, 3.63) is 85.5 Å². The van der Waals surface area contributed by atoms with Gasteiger partial charge >= 0.3 is 17.3 Å². The molecule has 1 atom stereocenters. The predicted octanol–water partition coefficient (Wildman–Crippen LogP) is 3.09. The highest BCUT2D eigenvalue weighted by Gasteiger charge is 2.17. The number of aryl methyl sites for hydroxylation is 1. The molecule has 2 aromatic carbocycles. The fourth-order valence-corrected chi connectivity index (χ4v) is 3.67. The minimum absolute atomic E-state index is 0.0156. The molecule has 0 aliphatic carbocycles. The molecule has 0 aliphatic rings. The highest BCUT2D eigenvalue weighted by molar-refractivity contribution is 6.30. The second kappa shape index (κ2) is 10.1. The molecule has 0 aliphatic heterocycles. The van der Waals surface area contributed by atoms with Gasteiger partial charge in [-0.2, -0.15) is 0 Å². The smallest absolute Gasteiger partial charge is 0.335 e. The number of carbonyl (C=O) groups is 1. The average molecular weight is 498 g/mol. The number of carboxylic acid groups (broad SMARTS) is 1. The first kappa shape index (κ1) is 24.2. The quantitative estimate of drug-likeness (QED) is 0.384. The zero-order valence-electron chi connectivity index (χ0n) is 19.2. The zero-order chi connectivity index (χ0) is 25.1. The van der Waals surface area contributed by atoms with E-state index in [4.69, 9.17) is 16.0 Å². The summed E-state index contributed by atoms with van der Waals surface area (Å²) in [6.45, 7) is 3.26. The number of aromatic nitrogens is 4. The van der Waals surface area contributed by atoms with E-state index in [-0.39, 0.29) is 18.7 Å². The Morgan fingerprint density at radius 3 is 2.63 bits per heavy atom. The Morgan fingerprint density at radius 2 is 1.94 bits per heavy atom. The maximum atomic E-state index is 13.3. The van der Waals surface area contributed by atoms with Crippen molar-refractivity contribution in [1.29, 1.82) is 0 Å². The number of oxazole rings is 1. The van der Waals surface area contributed by atoms with Crippen molar-refractivity contribution in [1.82, 2.24) is 19.1 Å². The van der Waals surface area contributed by atoms with Crippen molar-refractivity contribution < 1.29 is 14.3 Å². The molecule has 2 N–H and O–H groups in total. The first-order chi connectivity index (χ1) is 16.7. The second-order valence-corrected chi connectivity index (χ2v) is 8.66. The third kappa shape index (κ3) is 5.43. The largest absolute Gasteiger partial charge is 0.481 e. The van der Waals surface area contributed by atoms with Crippen LogP contribution in [0, 0.1) is 5.92 Å².